The molecule has 8 aromatic rings. The molecule has 10 aliphatic carbocycles. The van der Waals surface area contributed by atoms with Crippen LogP contribution in [0.5, 0.6) is 0 Å². The molecule has 10 atom stereocenters. The molecule has 8 fully saturated rings. The molecule has 2 heteroatoms. The highest BCUT2D eigenvalue weighted by Crippen LogP contribution is 2.70. The Morgan fingerprint density at radius 2 is 0.894 bits per heavy atom. The number of hydrogen-bond donors (Lipinski definition) is 0. The van der Waals surface area contributed by atoms with Gasteiger partial charge < -0.3 is 9.32 Å². The van der Waals surface area contributed by atoms with Gasteiger partial charge in [-0.1, -0.05) is 122 Å². The molecule has 18 rings (SSSR count). The zero-order chi connectivity index (χ0) is 42.9. The van der Waals surface area contributed by atoms with Crippen molar-refractivity contribution in [3.8, 4) is 33.4 Å². The fraction of sp³-hybridized carbons (Fsp3) is 0.344. The van der Waals surface area contributed by atoms with Crippen LogP contribution in [0.1, 0.15) is 99.3 Å². The van der Waals surface area contributed by atoms with Gasteiger partial charge in [-0.25, -0.2) is 0 Å². The predicted molar refractivity (Wildman–Crippen MR) is 270 cm³/mol. The van der Waals surface area contributed by atoms with Gasteiger partial charge in [0, 0.05) is 44.2 Å². The third kappa shape index (κ3) is 4.79. The fourth-order valence-corrected chi connectivity index (χ4v) is 18.1. The number of para-hydroxylation sites is 2. The molecule has 8 saturated carbocycles. The van der Waals surface area contributed by atoms with Crippen LogP contribution in [0.15, 0.2) is 156 Å². The number of rotatable bonds is 4. The highest BCUT2D eigenvalue weighted by Gasteiger charge is 2.61. The summed E-state index contributed by atoms with van der Waals surface area (Å²) in [7, 11) is 0. The second-order valence-corrected chi connectivity index (χ2v) is 22.7. The summed E-state index contributed by atoms with van der Waals surface area (Å²) in [5.74, 6) is 6.55. The van der Waals surface area contributed by atoms with E-state index in [1.165, 1.54) is 133 Å². The number of furan rings is 1. The molecule has 8 bridgehead atoms. The summed E-state index contributed by atoms with van der Waals surface area (Å²) in [6, 6.07) is 59.3. The van der Waals surface area contributed by atoms with E-state index in [0.717, 1.165) is 52.2 Å². The van der Waals surface area contributed by atoms with Gasteiger partial charge in [0.15, 0.2) is 0 Å². The van der Waals surface area contributed by atoms with Crippen LogP contribution < -0.4 is 4.90 Å². The van der Waals surface area contributed by atoms with Crippen LogP contribution in [0.3, 0.4) is 0 Å². The summed E-state index contributed by atoms with van der Waals surface area (Å²) in [4.78, 5) is 2.63. The molecule has 7 aromatic carbocycles. The zero-order valence-corrected chi connectivity index (χ0v) is 37.9. The first-order valence-corrected chi connectivity index (χ1v) is 25.9. The molecule has 0 aliphatic heterocycles. The van der Waals surface area contributed by atoms with Crippen molar-refractivity contribution in [3.05, 3.63) is 174 Å². The summed E-state index contributed by atoms with van der Waals surface area (Å²) < 4.78 is 6.58. The molecule has 2 nitrogen and oxygen atoms in total. The lowest BCUT2D eigenvalue weighted by atomic mass is 9.51. The van der Waals surface area contributed by atoms with Crippen LogP contribution in [-0.2, 0) is 10.8 Å². The van der Waals surface area contributed by atoms with Crippen molar-refractivity contribution in [2.24, 2.45) is 47.3 Å². The summed E-state index contributed by atoms with van der Waals surface area (Å²) in [6.07, 6.45) is 16.9. The standard InChI is InChI=1S/C64H57NO/c1-4-13-57-51(8-1)53-26-24-49(37-60(53)64(57)44-21-17-39-29-41(33-44)35-46(64)31-39)65(47-22-18-42(19-23-47)50-11-7-12-55-54-10-3-6-15-61(54)66-62(50)55)48-25-27-59-56(36-48)52-9-2-5-14-58(52)63(59)43-20-16-38-28-40(32-43)34-45(63)30-38/h1-15,18-19,22-27,36-41,43-46H,16-17,20-21,28-35H2. The second kappa shape index (κ2) is 13.4. The van der Waals surface area contributed by atoms with Crippen molar-refractivity contribution < 1.29 is 4.42 Å². The van der Waals surface area contributed by atoms with E-state index in [1.807, 2.05) is 0 Å². The van der Waals surface area contributed by atoms with E-state index in [-0.39, 0.29) is 10.8 Å². The SMILES string of the molecule is c1ccc2c(c1)-c1cc(N(c3ccc(-c4cccc5c4oc4ccccc45)cc3)c3ccc4c(c3)C3(c5ccccc5-4)C4CCC5CC(C4)CC3C5)ccc1C21C2CCC3CC(C2)CC1C3. The monoisotopic (exact) mass is 855 g/mol. The maximum atomic E-state index is 6.58. The molecule has 10 unspecified atom stereocenters. The Labute approximate surface area is 389 Å². The highest BCUT2D eigenvalue weighted by molar-refractivity contribution is 6.09. The van der Waals surface area contributed by atoms with Crippen molar-refractivity contribution >= 4 is 39.0 Å². The summed E-state index contributed by atoms with van der Waals surface area (Å²) in [6.45, 7) is 0. The maximum absolute atomic E-state index is 6.58. The van der Waals surface area contributed by atoms with Crippen LogP contribution in [0.25, 0.3) is 55.3 Å². The van der Waals surface area contributed by atoms with Crippen molar-refractivity contribution in [2.75, 3.05) is 4.90 Å². The lowest BCUT2D eigenvalue weighted by Gasteiger charge is -2.53. The van der Waals surface area contributed by atoms with Gasteiger partial charge in [0.1, 0.15) is 11.2 Å². The fourth-order valence-electron chi connectivity index (χ4n) is 18.1. The summed E-state index contributed by atoms with van der Waals surface area (Å²) in [5.41, 5.74) is 20.7. The molecular formula is C64H57NO. The molecule has 2 spiro atoms. The largest absolute Gasteiger partial charge is 0.455 e. The molecular weight excluding hydrogens is 799 g/mol. The molecule has 0 N–H and O–H groups in total. The molecule has 1 heterocycles. The lowest BCUT2D eigenvalue weighted by molar-refractivity contribution is 0.0617. The highest BCUT2D eigenvalue weighted by atomic mass is 16.3. The van der Waals surface area contributed by atoms with Crippen LogP contribution in [0.2, 0.25) is 0 Å². The first-order chi connectivity index (χ1) is 32.6. The average molecular weight is 856 g/mol. The predicted octanol–water partition coefficient (Wildman–Crippen LogP) is 16.9. The molecule has 1 aromatic heterocycles. The Kier molecular flexibility index (Phi) is 7.56. The van der Waals surface area contributed by atoms with Gasteiger partial charge in [0.05, 0.1) is 0 Å². The minimum atomic E-state index is 0.0929. The number of nitrogens with zero attached hydrogens (tertiary/aromatic N) is 1. The number of hydrogen-bond acceptors (Lipinski definition) is 2. The van der Waals surface area contributed by atoms with Crippen molar-refractivity contribution in [3.63, 3.8) is 0 Å². The Hall–Kier alpha value is -5.86. The van der Waals surface area contributed by atoms with Gasteiger partial charge in [-0.05, 0) is 204 Å². The van der Waals surface area contributed by atoms with Crippen molar-refractivity contribution in [2.45, 2.75) is 87.9 Å². The second-order valence-electron chi connectivity index (χ2n) is 22.7. The average Bonchev–Trinajstić information content (AvgIpc) is 3.84. The van der Waals surface area contributed by atoms with Crippen LogP contribution >= 0.6 is 0 Å². The van der Waals surface area contributed by atoms with E-state index in [4.69, 9.17) is 4.42 Å². The molecule has 66 heavy (non-hydrogen) atoms. The van der Waals surface area contributed by atoms with Crippen molar-refractivity contribution in [1.82, 2.24) is 0 Å². The van der Waals surface area contributed by atoms with Gasteiger partial charge in [0.25, 0.3) is 0 Å². The Bertz CT molecular complexity index is 3300. The van der Waals surface area contributed by atoms with Gasteiger partial charge >= 0.3 is 0 Å². The summed E-state index contributed by atoms with van der Waals surface area (Å²) >= 11 is 0. The van der Waals surface area contributed by atoms with E-state index in [1.54, 1.807) is 22.3 Å². The maximum Gasteiger partial charge on any atom is 0.143 e. The molecule has 0 radical (unpaired) electrons. The summed E-state index contributed by atoms with van der Waals surface area (Å²) in [5, 5.41) is 2.35. The van der Waals surface area contributed by atoms with Crippen molar-refractivity contribution in [1.29, 1.82) is 0 Å². The third-order valence-corrected chi connectivity index (χ3v) is 20.0. The first kappa shape index (κ1) is 37.3. The van der Waals surface area contributed by atoms with E-state index in [9.17, 15) is 0 Å². The third-order valence-electron chi connectivity index (χ3n) is 20.0. The minimum Gasteiger partial charge on any atom is -0.455 e. The van der Waals surface area contributed by atoms with E-state index < -0.39 is 0 Å². The number of anilines is 3. The molecule has 0 amide bonds. The normalized spacial score (nSPS) is 31.3. The van der Waals surface area contributed by atoms with Gasteiger partial charge in [-0.3, -0.25) is 0 Å². The van der Waals surface area contributed by atoms with Gasteiger partial charge in [-0.2, -0.15) is 0 Å². The number of benzene rings is 7. The Morgan fingerprint density at radius 1 is 0.364 bits per heavy atom. The zero-order valence-electron chi connectivity index (χ0n) is 37.9. The van der Waals surface area contributed by atoms with E-state index >= 15 is 0 Å². The topological polar surface area (TPSA) is 16.4 Å². The van der Waals surface area contributed by atoms with Gasteiger partial charge in [-0.15, -0.1) is 0 Å². The Morgan fingerprint density at radius 3 is 1.64 bits per heavy atom. The lowest BCUT2D eigenvalue weighted by Crippen LogP contribution is -2.48. The van der Waals surface area contributed by atoms with E-state index in [2.05, 4.69) is 157 Å². The minimum absolute atomic E-state index is 0.0929. The molecule has 10 aliphatic rings. The van der Waals surface area contributed by atoms with Crippen LogP contribution in [0.4, 0.5) is 17.1 Å². The molecule has 324 valence electrons. The first-order valence-electron chi connectivity index (χ1n) is 25.9. The quantitative estimate of drug-likeness (QED) is 0.175. The van der Waals surface area contributed by atoms with Gasteiger partial charge in [0.2, 0.25) is 0 Å². The number of fused-ring (bicyclic) bond motifs is 11. The Balaban J connectivity index is 0.891. The van der Waals surface area contributed by atoms with Crippen LogP contribution in [0, 0.1) is 47.3 Å². The van der Waals surface area contributed by atoms with Crippen LogP contribution in [-0.4, -0.2) is 0 Å². The van der Waals surface area contributed by atoms with E-state index in [0.29, 0.717) is 11.8 Å². The smallest absolute Gasteiger partial charge is 0.143 e. The molecule has 0 saturated heterocycles.